The molecule has 2 unspecified atom stereocenters. The Balaban J connectivity index is 1.40. The van der Waals surface area contributed by atoms with Crippen molar-refractivity contribution < 1.29 is 29.1 Å². The SMILES string of the molecule is CC1CCC(C(=O)N2CC(Oc3ccc4c(c3C(=O)O)OB(O)CC4)C2)NC1. The number of nitrogens with zero attached hydrogens (tertiary/aromatic N) is 1. The molecule has 4 rings (SSSR count). The molecule has 3 aliphatic heterocycles. The number of likely N-dealkylation sites (tertiary alicyclic amines) is 1. The largest absolute Gasteiger partial charge is 0.535 e. The maximum Gasteiger partial charge on any atom is 0.522 e. The summed E-state index contributed by atoms with van der Waals surface area (Å²) in [6.07, 6.45) is 2.61. The Kier molecular flexibility index (Phi) is 5.20. The Labute approximate surface area is 163 Å². The quantitative estimate of drug-likeness (QED) is 0.654. The van der Waals surface area contributed by atoms with Gasteiger partial charge >= 0.3 is 13.1 Å². The molecule has 1 aromatic rings. The van der Waals surface area contributed by atoms with E-state index in [2.05, 4.69) is 12.2 Å². The molecule has 0 spiro atoms. The highest BCUT2D eigenvalue weighted by Crippen LogP contribution is 2.37. The average Bonchev–Trinajstić information content (AvgIpc) is 2.63. The van der Waals surface area contributed by atoms with Crippen LogP contribution in [0, 0.1) is 5.92 Å². The number of hydrogen-bond donors (Lipinski definition) is 3. The summed E-state index contributed by atoms with van der Waals surface area (Å²) in [5.74, 6) is -0.0925. The van der Waals surface area contributed by atoms with E-state index in [4.69, 9.17) is 9.39 Å². The fourth-order valence-electron chi connectivity index (χ4n) is 4.02. The molecule has 0 bridgehead atoms. The number of rotatable bonds is 4. The average molecular weight is 388 g/mol. The van der Waals surface area contributed by atoms with Gasteiger partial charge in [0.2, 0.25) is 5.91 Å². The number of benzene rings is 1. The summed E-state index contributed by atoms with van der Waals surface area (Å²) in [4.78, 5) is 26.1. The van der Waals surface area contributed by atoms with Crippen LogP contribution in [0.2, 0.25) is 6.32 Å². The Morgan fingerprint density at radius 3 is 2.79 bits per heavy atom. The third-order valence-corrected chi connectivity index (χ3v) is 5.74. The number of fused-ring (bicyclic) bond motifs is 1. The fraction of sp³-hybridized carbons (Fsp3) is 0.579. The minimum atomic E-state index is -1.16. The normalized spacial score (nSPS) is 24.8. The van der Waals surface area contributed by atoms with Crippen LogP contribution in [0.1, 0.15) is 35.7 Å². The van der Waals surface area contributed by atoms with Crippen molar-refractivity contribution >= 4 is 19.0 Å². The lowest BCUT2D eigenvalue weighted by molar-refractivity contribution is -0.143. The molecule has 0 saturated carbocycles. The van der Waals surface area contributed by atoms with Crippen LogP contribution in [-0.2, 0) is 11.2 Å². The molecule has 0 aromatic heterocycles. The van der Waals surface area contributed by atoms with Crippen molar-refractivity contribution in [2.45, 2.75) is 44.7 Å². The summed E-state index contributed by atoms with van der Waals surface area (Å²) in [7, 11) is -1.01. The van der Waals surface area contributed by atoms with Gasteiger partial charge < -0.3 is 29.7 Å². The number of carbonyl (C=O) groups is 2. The van der Waals surface area contributed by atoms with E-state index in [-0.39, 0.29) is 35.1 Å². The van der Waals surface area contributed by atoms with Crippen LogP contribution in [0.15, 0.2) is 12.1 Å². The highest BCUT2D eigenvalue weighted by atomic mass is 16.5. The molecule has 2 fully saturated rings. The zero-order valence-corrected chi connectivity index (χ0v) is 15.9. The Morgan fingerprint density at radius 2 is 2.11 bits per heavy atom. The van der Waals surface area contributed by atoms with Crippen LogP contribution in [0.3, 0.4) is 0 Å². The number of amides is 1. The Morgan fingerprint density at radius 1 is 1.32 bits per heavy atom. The van der Waals surface area contributed by atoms with Crippen molar-refractivity contribution in [1.29, 1.82) is 0 Å². The smallest absolute Gasteiger partial charge is 0.522 e. The lowest BCUT2D eigenvalue weighted by Gasteiger charge is -2.42. The van der Waals surface area contributed by atoms with E-state index in [1.165, 1.54) is 0 Å². The van der Waals surface area contributed by atoms with Gasteiger partial charge in [0.05, 0.1) is 19.1 Å². The maximum atomic E-state index is 12.6. The van der Waals surface area contributed by atoms with Gasteiger partial charge in [-0.2, -0.15) is 0 Å². The lowest BCUT2D eigenvalue weighted by Crippen LogP contribution is -2.61. The third-order valence-electron chi connectivity index (χ3n) is 5.74. The standard InChI is InChI=1S/C19H25BN2O6/c1-11-2-4-14(21-8-11)18(23)22-9-13(10-22)27-15-5-3-12-6-7-20(26)28-17(12)16(15)19(24)25/h3,5,11,13-14,21,26H,2,4,6-10H2,1H3,(H,24,25). The van der Waals surface area contributed by atoms with Crippen LogP contribution in [0.5, 0.6) is 11.5 Å². The first-order valence-electron chi connectivity index (χ1n) is 9.85. The molecule has 8 nitrogen and oxygen atoms in total. The molecular formula is C19H25BN2O6. The zero-order valence-electron chi connectivity index (χ0n) is 15.9. The van der Waals surface area contributed by atoms with E-state index in [1.54, 1.807) is 17.0 Å². The first-order valence-corrected chi connectivity index (χ1v) is 9.85. The summed E-state index contributed by atoms with van der Waals surface area (Å²) in [5, 5.41) is 22.6. The number of aryl methyl sites for hydroxylation is 1. The van der Waals surface area contributed by atoms with E-state index < -0.39 is 13.1 Å². The summed E-state index contributed by atoms with van der Waals surface area (Å²) in [5.41, 5.74) is 0.682. The van der Waals surface area contributed by atoms with Crippen LogP contribution >= 0.6 is 0 Å². The van der Waals surface area contributed by atoms with Gasteiger partial charge in [-0.1, -0.05) is 13.0 Å². The highest BCUT2D eigenvalue weighted by Gasteiger charge is 2.38. The first kappa shape index (κ1) is 19.1. The molecule has 3 aliphatic rings. The number of carboxylic acid groups (broad SMARTS) is 1. The molecule has 0 aliphatic carbocycles. The number of piperidine rings is 1. The summed E-state index contributed by atoms with van der Waals surface area (Å²) in [6, 6.07) is 3.28. The molecule has 3 heterocycles. The Bertz CT molecular complexity index is 774. The van der Waals surface area contributed by atoms with E-state index in [9.17, 15) is 19.7 Å². The first-order chi connectivity index (χ1) is 13.4. The molecule has 9 heteroatoms. The second kappa shape index (κ2) is 7.64. The number of aromatic carboxylic acids is 1. The maximum absolute atomic E-state index is 12.6. The van der Waals surface area contributed by atoms with Gasteiger partial charge in [0.15, 0.2) is 0 Å². The molecule has 1 amide bonds. The predicted octanol–water partition coefficient (Wildman–Crippen LogP) is 0.778. The van der Waals surface area contributed by atoms with Crippen molar-refractivity contribution in [2.24, 2.45) is 5.92 Å². The summed E-state index contributed by atoms with van der Waals surface area (Å²) < 4.78 is 11.2. The van der Waals surface area contributed by atoms with Gasteiger partial charge in [0.25, 0.3) is 0 Å². The van der Waals surface area contributed by atoms with Gasteiger partial charge in [-0.15, -0.1) is 0 Å². The number of carbonyl (C=O) groups excluding carboxylic acids is 1. The van der Waals surface area contributed by atoms with Crippen LogP contribution < -0.4 is 14.7 Å². The third kappa shape index (κ3) is 3.68. The number of hydrogen-bond acceptors (Lipinski definition) is 6. The predicted molar refractivity (Wildman–Crippen MR) is 102 cm³/mol. The molecule has 1 aromatic carbocycles. The van der Waals surface area contributed by atoms with Crippen molar-refractivity contribution in [1.82, 2.24) is 10.2 Å². The minimum Gasteiger partial charge on any atom is -0.535 e. The molecule has 150 valence electrons. The highest BCUT2D eigenvalue weighted by molar-refractivity contribution is 6.44. The van der Waals surface area contributed by atoms with E-state index in [1.807, 2.05) is 0 Å². The fourth-order valence-corrected chi connectivity index (χ4v) is 4.02. The molecule has 2 saturated heterocycles. The van der Waals surface area contributed by atoms with Crippen LogP contribution in [-0.4, -0.2) is 65.8 Å². The number of ether oxygens (including phenoxy) is 1. The topological polar surface area (TPSA) is 108 Å². The van der Waals surface area contributed by atoms with Crippen LogP contribution in [0.4, 0.5) is 0 Å². The van der Waals surface area contributed by atoms with Gasteiger partial charge in [0.1, 0.15) is 23.2 Å². The van der Waals surface area contributed by atoms with Crippen molar-refractivity contribution in [2.75, 3.05) is 19.6 Å². The second-order valence-corrected chi connectivity index (χ2v) is 7.97. The molecule has 3 N–H and O–H groups in total. The van der Waals surface area contributed by atoms with Crippen molar-refractivity contribution in [3.63, 3.8) is 0 Å². The van der Waals surface area contributed by atoms with E-state index in [0.29, 0.717) is 31.7 Å². The Hall–Kier alpha value is -2.26. The summed E-state index contributed by atoms with van der Waals surface area (Å²) in [6.45, 7) is 3.90. The van der Waals surface area contributed by atoms with Crippen molar-refractivity contribution in [3.8, 4) is 11.5 Å². The number of nitrogens with one attached hydrogen (secondary N) is 1. The molecule has 0 radical (unpaired) electrons. The monoisotopic (exact) mass is 388 g/mol. The molecular weight excluding hydrogens is 363 g/mol. The van der Waals surface area contributed by atoms with Gasteiger partial charge in [-0.3, -0.25) is 4.79 Å². The summed E-state index contributed by atoms with van der Waals surface area (Å²) >= 11 is 0. The second-order valence-electron chi connectivity index (χ2n) is 7.97. The molecule has 28 heavy (non-hydrogen) atoms. The van der Waals surface area contributed by atoms with E-state index >= 15 is 0 Å². The minimum absolute atomic E-state index is 0.0658. The zero-order chi connectivity index (χ0) is 19.8. The lowest BCUT2D eigenvalue weighted by atomic mass is 9.78. The van der Waals surface area contributed by atoms with Gasteiger partial charge in [-0.25, -0.2) is 4.79 Å². The van der Waals surface area contributed by atoms with Gasteiger partial charge in [-0.05, 0) is 49.7 Å². The number of carboxylic acids is 1. The van der Waals surface area contributed by atoms with Crippen molar-refractivity contribution in [3.05, 3.63) is 23.3 Å². The van der Waals surface area contributed by atoms with Crippen LogP contribution in [0.25, 0.3) is 0 Å². The molecule has 2 atom stereocenters. The van der Waals surface area contributed by atoms with Gasteiger partial charge in [0, 0.05) is 0 Å². The van der Waals surface area contributed by atoms with E-state index in [0.717, 1.165) is 24.9 Å².